The molecule has 1 fully saturated rings. The van der Waals surface area contributed by atoms with Gasteiger partial charge in [-0.1, -0.05) is 0 Å². The zero-order valence-corrected chi connectivity index (χ0v) is 12.0. The average Bonchev–Trinajstić information content (AvgIpc) is 2.57. The number of ether oxygens (including phenoxy) is 1. The van der Waals surface area contributed by atoms with Gasteiger partial charge in [-0.15, -0.1) is 11.3 Å². The van der Waals surface area contributed by atoms with Gasteiger partial charge in [-0.05, 0) is 39.1 Å². The highest BCUT2D eigenvalue weighted by Gasteiger charge is 2.47. The topological polar surface area (TPSA) is 49.8 Å². The van der Waals surface area contributed by atoms with E-state index in [1.807, 2.05) is 39.1 Å². The zero-order valence-electron chi connectivity index (χ0n) is 11.2. The molecule has 0 aromatic carbocycles. The largest absolute Gasteiger partial charge is 0.444 e. The third kappa shape index (κ3) is 2.52. The summed E-state index contributed by atoms with van der Waals surface area (Å²) in [6.45, 7) is 8.09. The van der Waals surface area contributed by atoms with E-state index in [9.17, 15) is 9.90 Å². The van der Waals surface area contributed by atoms with Gasteiger partial charge >= 0.3 is 6.09 Å². The molecule has 18 heavy (non-hydrogen) atoms. The van der Waals surface area contributed by atoms with Gasteiger partial charge in [0.2, 0.25) is 0 Å². The van der Waals surface area contributed by atoms with Crippen LogP contribution in [0.3, 0.4) is 0 Å². The lowest BCUT2D eigenvalue weighted by Crippen LogP contribution is -2.62. The first-order valence-corrected chi connectivity index (χ1v) is 6.84. The Morgan fingerprint density at radius 1 is 1.50 bits per heavy atom. The normalized spacial score (nSPS) is 18.4. The van der Waals surface area contributed by atoms with Crippen molar-refractivity contribution in [3.05, 3.63) is 21.9 Å². The molecular formula is C13H19NO3S. The lowest BCUT2D eigenvalue weighted by molar-refractivity contribution is -0.103. The fourth-order valence-corrected chi connectivity index (χ4v) is 2.87. The van der Waals surface area contributed by atoms with Crippen molar-refractivity contribution in [3.8, 4) is 0 Å². The van der Waals surface area contributed by atoms with E-state index in [2.05, 4.69) is 0 Å². The second-order valence-electron chi connectivity index (χ2n) is 5.76. The van der Waals surface area contributed by atoms with Crippen LogP contribution in [0.1, 0.15) is 31.2 Å². The lowest BCUT2D eigenvalue weighted by atomic mass is 9.87. The van der Waals surface area contributed by atoms with Crippen molar-refractivity contribution in [2.75, 3.05) is 13.1 Å². The van der Waals surface area contributed by atoms with Gasteiger partial charge in [0.1, 0.15) is 11.2 Å². The van der Waals surface area contributed by atoms with Crippen LogP contribution in [0.2, 0.25) is 0 Å². The van der Waals surface area contributed by atoms with E-state index in [0.29, 0.717) is 13.1 Å². The van der Waals surface area contributed by atoms with Gasteiger partial charge in [-0.3, -0.25) is 0 Å². The van der Waals surface area contributed by atoms with Gasteiger partial charge in [-0.25, -0.2) is 4.79 Å². The minimum atomic E-state index is -0.902. The summed E-state index contributed by atoms with van der Waals surface area (Å²) in [6.07, 6.45) is -0.361. The summed E-state index contributed by atoms with van der Waals surface area (Å²) in [5.41, 5.74) is -0.475. The molecule has 1 aliphatic heterocycles. The fraction of sp³-hybridized carbons (Fsp3) is 0.615. The van der Waals surface area contributed by atoms with Crippen molar-refractivity contribution < 1.29 is 14.6 Å². The molecule has 0 radical (unpaired) electrons. The van der Waals surface area contributed by atoms with E-state index in [-0.39, 0.29) is 6.09 Å². The number of amides is 1. The van der Waals surface area contributed by atoms with Crippen molar-refractivity contribution >= 4 is 17.4 Å². The Morgan fingerprint density at radius 2 is 2.11 bits per heavy atom. The van der Waals surface area contributed by atoms with Gasteiger partial charge < -0.3 is 14.7 Å². The van der Waals surface area contributed by atoms with Crippen molar-refractivity contribution in [1.82, 2.24) is 4.90 Å². The molecule has 0 bridgehead atoms. The molecule has 1 aliphatic rings. The van der Waals surface area contributed by atoms with E-state index >= 15 is 0 Å². The molecule has 4 nitrogen and oxygen atoms in total. The number of β-amino-alcohol motifs (C(OH)–C–C–N with tert-alkyl or cyclic N) is 1. The smallest absolute Gasteiger partial charge is 0.410 e. The zero-order chi connectivity index (χ0) is 13.6. The highest BCUT2D eigenvalue weighted by molar-refractivity contribution is 7.10. The molecule has 100 valence electrons. The van der Waals surface area contributed by atoms with E-state index in [1.54, 1.807) is 11.3 Å². The van der Waals surface area contributed by atoms with Crippen LogP contribution in [0.15, 0.2) is 11.4 Å². The molecule has 1 N–H and O–H groups in total. The first kappa shape index (κ1) is 13.4. The molecule has 0 spiro atoms. The average molecular weight is 269 g/mol. The van der Waals surface area contributed by atoms with Crippen LogP contribution in [-0.2, 0) is 10.3 Å². The summed E-state index contributed by atoms with van der Waals surface area (Å²) in [6, 6.07) is 1.92. The third-order valence-electron chi connectivity index (χ3n) is 2.92. The SMILES string of the molecule is Cc1sccc1C1(O)CN(C(=O)OC(C)(C)C)C1. The van der Waals surface area contributed by atoms with Crippen molar-refractivity contribution in [2.45, 2.75) is 38.9 Å². The van der Waals surface area contributed by atoms with E-state index in [4.69, 9.17) is 4.74 Å². The quantitative estimate of drug-likeness (QED) is 0.852. The fourth-order valence-electron chi connectivity index (χ4n) is 2.08. The molecule has 0 unspecified atom stereocenters. The van der Waals surface area contributed by atoms with E-state index < -0.39 is 11.2 Å². The van der Waals surface area contributed by atoms with Crippen molar-refractivity contribution in [2.24, 2.45) is 0 Å². The number of hydrogen-bond acceptors (Lipinski definition) is 4. The van der Waals surface area contributed by atoms with Gasteiger partial charge in [0.15, 0.2) is 0 Å². The number of likely N-dealkylation sites (tertiary alicyclic amines) is 1. The van der Waals surface area contributed by atoms with Gasteiger partial charge in [0.05, 0.1) is 13.1 Å². The number of aryl methyl sites for hydroxylation is 1. The second-order valence-corrected chi connectivity index (χ2v) is 6.88. The summed E-state index contributed by atoms with van der Waals surface area (Å²) in [5, 5.41) is 12.4. The molecule has 1 aromatic heterocycles. The molecule has 1 aromatic rings. The maximum atomic E-state index is 11.8. The van der Waals surface area contributed by atoms with Crippen LogP contribution >= 0.6 is 11.3 Å². The first-order chi connectivity index (χ1) is 8.21. The number of aliphatic hydroxyl groups is 1. The third-order valence-corrected chi connectivity index (χ3v) is 3.76. The van der Waals surface area contributed by atoms with E-state index in [1.165, 1.54) is 4.90 Å². The Bertz CT molecular complexity index is 455. The first-order valence-electron chi connectivity index (χ1n) is 5.96. The maximum Gasteiger partial charge on any atom is 0.410 e. The second kappa shape index (κ2) is 4.24. The Kier molecular flexibility index (Phi) is 3.15. The standard InChI is InChI=1S/C13H19NO3S/c1-9-10(5-6-18-9)13(16)7-14(8-13)11(15)17-12(2,3)4/h5-6,16H,7-8H2,1-4H3. The molecule has 0 atom stereocenters. The molecule has 0 saturated carbocycles. The molecule has 1 saturated heterocycles. The molecule has 1 amide bonds. The summed E-state index contributed by atoms with van der Waals surface area (Å²) in [7, 11) is 0. The number of thiophene rings is 1. The van der Waals surface area contributed by atoms with Gasteiger partial charge in [-0.2, -0.15) is 0 Å². The van der Waals surface area contributed by atoms with Gasteiger partial charge in [0, 0.05) is 10.4 Å². The number of nitrogens with zero attached hydrogens (tertiary/aromatic N) is 1. The molecule has 0 aliphatic carbocycles. The number of carbonyl (C=O) groups is 1. The summed E-state index contributed by atoms with van der Waals surface area (Å²) in [5.74, 6) is 0. The summed E-state index contributed by atoms with van der Waals surface area (Å²) >= 11 is 1.61. The monoisotopic (exact) mass is 269 g/mol. The highest BCUT2D eigenvalue weighted by Crippen LogP contribution is 2.36. The van der Waals surface area contributed by atoms with Crippen LogP contribution < -0.4 is 0 Å². The summed E-state index contributed by atoms with van der Waals surface area (Å²) in [4.78, 5) is 14.4. The summed E-state index contributed by atoms with van der Waals surface area (Å²) < 4.78 is 5.26. The van der Waals surface area contributed by atoms with Crippen molar-refractivity contribution in [1.29, 1.82) is 0 Å². The van der Waals surface area contributed by atoms with E-state index in [0.717, 1.165) is 10.4 Å². The van der Waals surface area contributed by atoms with Crippen LogP contribution in [0, 0.1) is 6.92 Å². The minimum absolute atomic E-state index is 0.305. The van der Waals surface area contributed by atoms with Crippen LogP contribution in [-0.4, -0.2) is 34.8 Å². The van der Waals surface area contributed by atoms with Crippen molar-refractivity contribution in [3.63, 3.8) is 0 Å². The predicted molar refractivity (Wildman–Crippen MR) is 70.8 cm³/mol. The van der Waals surface area contributed by atoms with Gasteiger partial charge in [0.25, 0.3) is 0 Å². The Morgan fingerprint density at radius 3 is 2.56 bits per heavy atom. The highest BCUT2D eigenvalue weighted by atomic mass is 32.1. The Balaban J connectivity index is 1.98. The molecule has 5 heteroatoms. The predicted octanol–water partition coefficient (Wildman–Crippen LogP) is 2.49. The number of hydrogen-bond donors (Lipinski definition) is 1. The number of carbonyl (C=O) groups excluding carboxylic acids is 1. The Hall–Kier alpha value is -1.07. The Labute approximate surface area is 111 Å². The van der Waals surface area contributed by atoms with Crippen LogP contribution in [0.25, 0.3) is 0 Å². The molecule has 2 rings (SSSR count). The number of rotatable bonds is 1. The van der Waals surface area contributed by atoms with Crippen LogP contribution in [0.5, 0.6) is 0 Å². The van der Waals surface area contributed by atoms with Crippen LogP contribution in [0.4, 0.5) is 4.79 Å². The minimum Gasteiger partial charge on any atom is -0.444 e. The molecular weight excluding hydrogens is 250 g/mol. The molecule has 2 heterocycles. The lowest BCUT2D eigenvalue weighted by Gasteiger charge is -2.46. The maximum absolute atomic E-state index is 11.8.